The summed E-state index contributed by atoms with van der Waals surface area (Å²) in [4.78, 5) is 40.0. The first kappa shape index (κ1) is 27.2. The highest BCUT2D eigenvalue weighted by Gasteiger charge is 2.37. The average molecular weight is 592 g/mol. The Kier molecular flexibility index (Phi) is 6.98. The number of aromatic amines is 1. The molecular formula is C21H14ClF4N5O5S2. The summed E-state index contributed by atoms with van der Waals surface area (Å²) in [7, 11) is -2.87. The minimum absolute atomic E-state index is 0.000243. The van der Waals surface area contributed by atoms with Crippen molar-refractivity contribution in [2.75, 3.05) is 17.7 Å². The number of rotatable bonds is 5. The Labute approximate surface area is 218 Å². The Hall–Kier alpha value is -3.89. The molecule has 38 heavy (non-hydrogen) atoms. The minimum atomic E-state index is -5.30. The summed E-state index contributed by atoms with van der Waals surface area (Å²) in [6, 6.07) is 5.53. The second-order valence-electron chi connectivity index (χ2n) is 7.55. The molecule has 0 saturated carbocycles. The van der Waals surface area contributed by atoms with Gasteiger partial charge in [-0.15, -0.1) is 11.3 Å². The first-order valence-electron chi connectivity index (χ1n) is 10.2. The van der Waals surface area contributed by atoms with Crippen LogP contribution in [0, 0.1) is 5.82 Å². The van der Waals surface area contributed by atoms with Gasteiger partial charge in [-0.25, -0.2) is 31.7 Å². The minimum Gasteiger partial charge on any atom is -0.388 e. The van der Waals surface area contributed by atoms with Crippen LogP contribution in [0.3, 0.4) is 0 Å². The number of carbonyl (C=O) groups is 1. The van der Waals surface area contributed by atoms with Crippen molar-refractivity contribution in [2.24, 2.45) is 0 Å². The molecule has 4 N–H and O–H groups in total. The maximum atomic E-state index is 15.1. The van der Waals surface area contributed by atoms with Crippen molar-refractivity contribution in [3.63, 3.8) is 0 Å². The number of nitrogens with one attached hydrogen (secondary N) is 4. The van der Waals surface area contributed by atoms with Crippen LogP contribution in [0.2, 0.25) is 4.34 Å². The molecule has 200 valence electrons. The van der Waals surface area contributed by atoms with Gasteiger partial charge in [-0.1, -0.05) is 11.6 Å². The fourth-order valence-corrected chi connectivity index (χ4v) is 5.85. The number of halogens is 5. The molecule has 0 bridgehead atoms. The highest BCUT2D eigenvalue weighted by molar-refractivity contribution is 7.92. The number of H-pyrrole nitrogens is 1. The lowest BCUT2D eigenvalue weighted by atomic mass is 10.1. The van der Waals surface area contributed by atoms with Gasteiger partial charge < -0.3 is 15.6 Å². The van der Waals surface area contributed by atoms with Crippen LogP contribution in [0.15, 0.2) is 56.3 Å². The van der Waals surface area contributed by atoms with E-state index in [2.05, 4.69) is 10.3 Å². The summed E-state index contributed by atoms with van der Waals surface area (Å²) in [5.74, 6) is -1.69. The average Bonchev–Trinajstić information content (AvgIpc) is 3.26. The van der Waals surface area contributed by atoms with Crippen molar-refractivity contribution in [1.29, 1.82) is 0 Å². The Morgan fingerprint density at radius 3 is 2.39 bits per heavy atom. The van der Waals surface area contributed by atoms with Gasteiger partial charge in [-0.2, -0.15) is 13.2 Å². The molecule has 2 aromatic heterocycles. The molecule has 0 saturated heterocycles. The zero-order valence-corrected chi connectivity index (χ0v) is 21.1. The summed E-state index contributed by atoms with van der Waals surface area (Å²) >= 11 is 6.28. The molecule has 0 radical (unpaired) electrons. The maximum Gasteiger partial charge on any atom is 0.418 e. The summed E-state index contributed by atoms with van der Waals surface area (Å²) in [6.07, 6.45) is -5.30. The molecule has 0 atom stereocenters. The molecule has 0 fully saturated rings. The second kappa shape index (κ2) is 9.77. The van der Waals surface area contributed by atoms with E-state index in [-0.39, 0.29) is 30.1 Å². The van der Waals surface area contributed by atoms with Crippen LogP contribution in [0.5, 0.6) is 0 Å². The first-order chi connectivity index (χ1) is 17.7. The van der Waals surface area contributed by atoms with E-state index in [4.69, 9.17) is 11.6 Å². The van der Waals surface area contributed by atoms with Crippen molar-refractivity contribution in [2.45, 2.75) is 10.4 Å². The number of alkyl halides is 3. The number of aromatic nitrogens is 2. The zero-order chi connectivity index (χ0) is 28.0. The molecule has 2 aromatic carbocycles. The second-order valence-corrected chi connectivity index (χ2v) is 11.2. The topological polar surface area (TPSA) is 142 Å². The zero-order valence-electron chi connectivity index (χ0n) is 18.7. The number of urea groups is 1. The number of hydrogen-bond donors (Lipinski definition) is 4. The Morgan fingerprint density at radius 1 is 1.08 bits per heavy atom. The summed E-state index contributed by atoms with van der Waals surface area (Å²) in [5.41, 5.74) is -6.08. The third kappa shape index (κ3) is 5.23. The predicted molar refractivity (Wildman–Crippen MR) is 133 cm³/mol. The Bertz CT molecular complexity index is 1820. The van der Waals surface area contributed by atoms with Crippen LogP contribution >= 0.6 is 22.9 Å². The van der Waals surface area contributed by atoms with E-state index in [0.717, 1.165) is 6.07 Å². The van der Waals surface area contributed by atoms with Crippen LogP contribution in [-0.2, 0) is 16.2 Å². The summed E-state index contributed by atoms with van der Waals surface area (Å²) in [6.45, 7) is 0. The number of nitrogens with zero attached hydrogens (tertiary/aromatic N) is 1. The number of carbonyl (C=O) groups excluding carboxylic acids is 1. The first-order valence-corrected chi connectivity index (χ1v) is 12.9. The molecule has 10 nitrogen and oxygen atoms in total. The Balaban J connectivity index is 1.78. The van der Waals surface area contributed by atoms with Crippen molar-refractivity contribution in [3.05, 3.63) is 79.0 Å². The quantitative estimate of drug-likeness (QED) is 0.257. The lowest BCUT2D eigenvalue weighted by Crippen LogP contribution is -2.36. The lowest BCUT2D eigenvalue weighted by molar-refractivity contribution is -0.137. The van der Waals surface area contributed by atoms with E-state index in [9.17, 15) is 36.0 Å². The molecule has 0 aliphatic rings. The van der Waals surface area contributed by atoms with Crippen molar-refractivity contribution < 1.29 is 30.8 Å². The monoisotopic (exact) mass is 591 g/mol. The van der Waals surface area contributed by atoms with Crippen molar-refractivity contribution in [3.8, 4) is 5.69 Å². The molecule has 2 amide bonds. The van der Waals surface area contributed by atoms with E-state index < -0.39 is 56.2 Å². The number of hydrogen-bond acceptors (Lipinski definition) is 7. The molecular weight excluding hydrogens is 578 g/mol. The molecule has 2 heterocycles. The fourth-order valence-electron chi connectivity index (χ4n) is 3.46. The van der Waals surface area contributed by atoms with Gasteiger partial charge in [0.05, 0.1) is 20.8 Å². The maximum absolute atomic E-state index is 15.1. The van der Waals surface area contributed by atoms with Gasteiger partial charge in [0.2, 0.25) is 0 Å². The van der Waals surface area contributed by atoms with Gasteiger partial charge >= 0.3 is 17.9 Å². The summed E-state index contributed by atoms with van der Waals surface area (Å²) in [5, 5.41) is 4.37. The molecule has 4 rings (SSSR count). The summed E-state index contributed by atoms with van der Waals surface area (Å²) < 4.78 is 82.8. The van der Waals surface area contributed by atoms with E-state index in [1.54, 1.807) is 17.1 Å². The number of thiophene rings is 1. The van der Waals surface area contributed by atoms with Crippen LogP contribution in [0.1, 0.15) is 5.56 Å². The van der Waals surface area contributed by atoms with Gasteiger partial charge in [0.15, 0.2) is 0 Å². The van der Waals surface area contributed by atoms with Crippen LogP contribution in [-0.4, -0.2) is 31.0 Å². The molecule has 17 heteroatoms. The Morgan fingerprint density at radius 2 is 1.79 bits per heavy atom. The third-order valence-corrected chi connectivity index (χ3v) is 8.13. The number of fused-ring (bicyclic) bond motifs is 1. The van der Waals surface area contributed by atoms with Crippen LogP contribution in [0.4, 0.5) is 33.7 Å². The number of sulfonamides is 1. The number of anilines is 2. The van der Waals surface area contributed by atoms with Crippen LogP contribution < -0.4 is 26.6 Å². The third-order valence-electron chi connectivity index (χ3n) is 5.08. The molecule has 0 aliphatic carbocycles. The smallest absolute Gasteiger partial charge is 0.388 e. The van der Waals surface area contributed by atoms with Gasteiger partial charge in [-0.05, 0) is 42.5 Å². The van der Waals surface area contributed by atoms with E-state index in [0.29, 0.717) is 23.1 Å². The number of amides is 2. The van der Waals surface area contributed by atoms with E-state index in [1.807, 2.05) is 0 Å². The highest BCUT2D eigenvalue weighted by atomic mass is 35.5. The van der Waals surface area contributed by atoms with E-state index >= 15 is 4.39 Å². The highest BCUT2D eigenvalue weighted by Crippen LogP contribution is 2.36. The lowest BCUT2D eigenvalue weighted by Gasteiger charge is -2.17. The molecule has 0 aliphatic heterocycles. The van der Waals surface area contributed by atoms with Gasteiger partial charge in [0.25, 0.3) is 15.6 Å². The fraction of sp³-hybridized carbons (Fsp3) is 0.0952. The molecule has 4 aromatic rings. The van der Waals surface area contributed by atoms with Gasteiger partial charge in [-0.3, -0.25) is 4.79 Å². The standard InChI is InChI=1S/C21H14ClF4N5O5S2/c1-27-9-2-3-11-14(8-9)29-20(34)31(18(11)32)17-12(21(24,25)26)6-10(7-13(17)23)28-19(33)30-38(35,36)16-5-4-15(22)37-16/h2-8,27H,1H3,(H,29,34)(H2,28,30,33). The normalized spacial score (nSPS) is 11.9. The van der Waals surface area contributed by atoms with E-state index in [1.165, 1.54) is 24.3 Å². The predicted octanol–water partition coefficient (Wildman–Crippen LogP) is 4.10. The van der Waals surface area contributed by atoms with Gasteiger partial charge in [0.1, 0.15) is 15.7 Å². The van der Waals surface area contributed by atoms with Gasteiger partial charge in [0, 0.05) is 18.4 Å². The molecule has 0 spiro atoms. The van der Waals surface area contributed by atoms with Crippen molar-refractivity contribution >= 4 is 61.3 Å². The molecule has 0 unspecified atom stereocenters. The van der Waals surface area contributed by atoms with Crippen molar-refractivity contribution in [1.82, 2.24) is 14.3 Å². The number of benzene rings is 2. The largest absolute Gasteiger partial charge is 0.418 e. The SMILES string of the molecule is CNc1ccc2c(=O)n(-c3c(F)cc(NC(=O)NS(=O)(=O)c4ccc(Cl)s4)cc3C(F)(F)F)c(=O)[nH]c2c1. The van der Waals surface area contributed by atoms with Crippen LogP contribution in [0.25, 0.3) is 16.6 Å².